The molecule has 0 bridgehead atoms. The second-order valence-electron chi connectivity index (χ2n) is 2.17. The van der Waals surface area contributed by atoms with Crippen LogP contribution in [0.15, 0.2) is 5.16 Å². The summed E-state index contributed by atoms with van der Waals surface area (Å²) < 4.78 is 0. The number of rotatable bonds is 6. The Morgan fingerprint density at radius 2 is 1.92 bits per heavy atom. The van der Waals surface area contributed by atoms with Crippen molar-refractivity contribution in [1.82, 2.24) is 0 Å². The van der Waals surface area contributed by atoms with E-state index in [4.69, 9.17) is 16.7 Å². The van der Waals surface area contributed by atoms with Crippen LogP contribution in [-0.2, 0) is 4.79 Å². The zero-order valence-electron chi connectivity index (χ0n) is 6.69. The third-order valence-electron chi connectivity index (χ3n) is 1.12. The first-order valence-corrected chi connectivity index (χ1v) is 4.64. The molecule has 0 rings (SSSR count). The molecule has 5 nitrogen and oxygen atoms in total. The Morgan fingerprint density at radius 1 is 1.33 bits per heavy atom. The molecular formula is C6H13N3O2S. The summed E-state index contributed by atoms with van der Waals surface area (Å²) in [5, 5.41) is 11.0. The smallest absolute Gasteiger partial charge is 0.218 e. The van der Waals surface area contributed by atoms with Crippen LogP contribution in [0.25, 0.3) is 0 Å². The Balaban J connectivity index is 3.16. The maximum atomic E-state index is 10.3. The lowest BCUT2D eigenvalue weighted by molar-refractivity contribution is -0.117. The minimum absolute atomic E-state index is 0.210. The highest BCUT2D eigenvalue weighted by Crippen LogP contribution is 2.03. The van der Waals surface area contributed by atoms with Crippen LogP contribution in [0.2, 0.25) is 0 Å². The van der Waals surface area contributed by atoms with Crippen LogP contribution in [0.4, 0.5) is 0 Å². The van der Waals surface area contributed by atoms with Crippen molar-refractivity contribution >= 4 is 23.5 Å². The molecule has 0 aromatic carbocycles. The van der Waals surface area contributed by atoms with Crippen molar-refractivity contribution in [3.63, 3.8) is 0 Å². The van der Waals surface area contributed by atoms with E-state index >= 15 is 0 Å². The summed E-state index contributed by atoms with van der Waals surface area (Å²) in [6.07, 6.45) is 0.904. The molecule has 0 aromatic rings. The van der Waals surface area contributed by atoms with E-state index in [9.17, 15) is 4.79 Å². The number of primary amides is 1. The second kappa shape index (κ2) is 6.78. The van der Waals surface area contributed by atoms with Crippen molar-refractivity contribution in [2.24, 2.45) is 16.6 Å². The molecule has 0 atom stereocenters. The van der Waals surface area contributed by atoms with Gasteiger partial charge in [0.15, 0.2) is 0 Å². The van der Waals surface area contributed by atoms with Gasteiger partial charge in [0, 0.05) is 24.3 Å². The fraction of sp³-hybridized carbons (Fsp3) is 0.667. The molecule has 0 aliphatic carbocycles. The molecule has 6 heteroatoms. The first-order chi connectivity index (χ1) is 5.66. The highest BCUT2D eigenvalue weighted by molar-refractivity contribution is 7.99. The van der Waals surface area contributed by atoms with Crippen LogP contribution in [0.5, 0.6) is 0 Å². The fourth-order valence-electron chi connectivity index (χ4n) is 0.502. The highest BCUT2D eigenvalue weighted by Gasteiger charge is 1.96. The summed E-state index contributed by atoms with van der Waals surface area (Å²) in [7, 11) is 0. The lowest BCUT2D eigenvalue weighted by Crippen LogP contribution is -2.13. The summed E-state index contributed by atoms with van der Waals surface area (Å²) in [5.41, 5.74) is 10.1. The summed E-state index contributed by atoms with van der Waals surface area (Å²) in [6.45, 7) is 0. The van der Waals surface area contributed by atoms with Gasteiger partial charge < -0.3 is 16.7 Å². The van der Waals surface area contributed by atoms with E-state index in [0.717, 1.165) is 5.75 Å². The van der Waals surface area contributed by atoms with Crippen LogP contribution < -0.4 is 11.5 Å². The van der Waals surface area contributed by atoms with Crippen LogP contribution in [0.3, 0.4) is 0 Å². The Bertz CT molecular complexity index is 172. The van der Waals surface area contributed by atoms with Gasteiger partial charge in [0.05, 0.1) is 0 Å². The molecule has 12 heavy (non-hydrogen) atoms. The topological polar surface area (TPSA) is 102 Å². The number of hydrogen-bond acceptors (Lipinski definition) is 4. The monoisotopic (exact) mass is 191 g/mol. The first kappa shape index (κ1) is 11.1. The van der Waals surface area contributed by atoms with Gasteiger partial charge in [-0.05, 0) is 0 Å². The Labute approximate surface area is 75.2 Å². The van der Waals surface area contributed by atoms with Crippen molar-refractivity contribution in [3.8, 4) is 0 Å². The number of oxime groups is 1. The van der Waals surface area contributed by atoms with Crippen molar-refractivity contribution in [3.05, 3.63) is 0 Å². The molecule has 0 heterocycles. The van der Waals surface area contributed by atoms with Gasteiger partial charge in [0.25, 0.3) is 0 Å². The molecule has 0 aromatic heterocycles. The molecule has 0 unspecified atom stereocenters. The van der Waals surface area contributed by atoms with Crippen LogP contribution in [0.1, 0.15) is 12.8 Å². The van der Waals surface area contributed by atoms with Crippen molar-refractivity contribution in [2.75, 3.05) is 11.5 Å². The van der Waals surface area contributed by atoms with Crippen molar-refractivity contribution < 1.29 is 10.0 Å². The SMILES string of the molecule is NC(=O)CCSCCC(N)=NO. The van der Waals surface area contributed by atoms with E-state index in [1.54, 1.807) is 11.8 Å². The number of nitrogens with zero attached hydrogens (tertiary/aromatic N) is 1. The molecule has 0 spiro atoms. The molecule has 0 aliphatic rings. The standard InChI is InChI=1S/C6H13N3O2S/c7-5(9-11)1-3-12-4-2-6(8)10/h11H,1-4H2,(H2,7,9)(H2,8,10). The quantitative estimate of drug-likeness (QED) is 0.177. The molecule has 5 N–H and O–H groups in total. The molecule has 0 saturated carbocycles. The predicted octanol–water partition coefficient (Wildman–Crippen LogP) is -0.268. The first-order valence-electron chi connectivity index (χ1n) is 3.49. The minimum atomic E-state index is -0.300. The van der Waals surface area contributed by atoms with Gasteiger partial charge in [-0.2, -0.15) is 11.8 Å². The van der Waals surface area contributed by atoms with E-state index in [-0.39, 0.29) is 11.7 Å². The van der Waals surface area contributed by atoms with Gasteiger partial charge in [-0.3, -0.25) is 4.79 Å². The molecule has 70 valence electrons. The average molecular weight is 191 g/mol. The number of nitrogens with two attached hydrogens (primary N) is 2. The number of amides is 1. The lowest BCUT2D eigenvalue weighted by atomic mass is 10.5. The zero-order chi connectivity index (χ0) is 9.40. The third kappa shape index (κ3) is 7.20. The van der Waals surface area contributed by atoms with Gasteiger partial charge in [0.2, 0.25) is 5.91 Å². The largest absolute Gasteiger partial charge is 0.409 e. The van der Waals surface area contributed by atoms with Crippen LogP contribution in [-0.4, -0.2) is 28.5 Å². The maximum Gasteiger partial charge on any atom is 0.218 e. The van der Waals surface area contributed by atoms with E-state index in [2.05, 4.69) is 5.16 Å². The van der Waals surface area contributed by atoms with Crippen LogP contribution >= 0.6 is 11.8 Å². The third-order valence-corrected chi connectivity index (χ3v) is 2.11. The Kier molecular flexibility index (Phi) is 6.26. The van der Waals surface area contributed by atoms with Crippen molar-refractivity contribution in [2.45, 2.75) is 12.8 Å². The van der Waals surface area contributed by atoms with Gasteiger partial charge in [-0.25, -0.2) is 0 Å². The number of carbonyl (C=O) groups is 1. The molecule has 0 aliphatic heterocycles. The predicted molar refractivity (Wildman–Crippen MR) is 49.2 cm³/mol. The number of carbonyl (C=O) groups excluding carboxylic acids is 1. The minimum Gasteiger partial charge on any atom is -0.409 e. The number of hydrogen-bond donors (Lipinski definition) is 3. The molecule has 0 radical (unpaired) electrons. The molecular weight excluding hydrogens is 178 g/mol. The average Bonchev–Trinajstić information content (AvgIpc) is 2.03. The van der Waals surface area contributed by atoms with Gasteiger partial charge >= 0.3 is 0 Å². The second-order valence-corrected chi connectivity index (χ2v) is 3.39. The number of thioether (sulfide) groups is 1. The van der Waals surface area contributed by atoms with E-state index in [0.29, 0.717) is 18.6 Å². The maximum absolute atomic E-state index is 10.3. The normalized spacial score (nSPS) is 11.5. The highest BCUT2D eigenvalue weighted by atomic mass is 32.2. The molecule has 1 amide bonds. The van der Waals surface area contributed by atoms with Gasteiger partial charge in [0.1, 0.15) is 5.84 Å². The van der Waals surface area contributed by atoms with E-state index in [1.165, 1.54) is 0 Å². The van der Waals surface area contributed by atoms with Crippen LogP contribution in [0, 0.1) is 0 Å². The Hall–Kier alpha value is -0.910. The summed E-state index contributed by atoms with van der Waals surface area (Å²) >= 11 is 1.55. The summed E-state index contributed by atoms with van der Waals surface area (Å²) in [4.78, 5) is 10.3. The van der Waals surface area contributed by atoms with E-state index < -0.39 is 0 Å². The fourth-order valence-corrected chi connectivity index (χ4v) is 1.40. The molecule has 0 fully saturated rings. The Morgan fingerprint density at radius 3 is 2.42 bits per heavy atom. The van der Waals surface area contributed by atoms with Gasteiger partial charge in [-0.15, -0.1) is 0 Å². The molecule has 0 saturated heterocycles. The number of amidine groups is 1. The summed E-state index contributed by atoms with van der Waals surface area (Å²) in [5.74, 6) is 1.34. The van der Waals surface area contributed by atoms with Gasteiger partial charge in [-0.1, -0.05) is 5.16 Å². The van der Waals surface area contributed by atoms with E-state index in [1.807, 2.05) is 0 Å². The lowest BCUT2D eigenvalue weighted by Gasteiger charge is -1.97. The zero-order valence-corrected chi connectivity index (χ0v) is 7.51. The van der Waals surface area contributed by atoms with Crippen molar-refractivity contribution in [1.29, 1.82) is 0 Å². The summed E-state index contributed by atoms with van der Waals surface area (Å²) in [6, 6.07) is 0.